The molecule has 0 spiro atoms. The largest absolute Gasteiger partial charge is 0.478 e. The fraction of sp³-hybridized carbons (Fsp3) is 0.444. The maximum atomic E-state index is 12.8. The van der Waals surface area contributed by atoms with Crippen molar-refractivity contribution in [2.24, 2.45) is 0 Å². The van der Waals surface area contributed by atoms with E-state index < -0.39 is 6.10 Å². The highest BCUT2D eigenvalue weighted by molar-refractivity contribution is 7.09. The summed E-state index contributed by atoms with van der Waals surface area (Å²) >= 11 is 1.63. The summed E-state index contributed by atoms with van der Waals surface area (Å²) in [6, 6.07) is 5.99. The highest BCUT2D eigenvalue weighted by Crippen LogP contribution is 2.38. The number of hydrogen-bond donors (Lipinski definition) is 0. The number of amides is 1. The van der Waals surface area contributed by atoms with Crippen molar-refractivity contribution in [3.05, 3.63) is 28.6 Å². The minimum atomic E-state index is -0.396. The number of anilines is 1. The van der Waals surface area contributed by atoms with Gasteiger partial charge in [0, 0.05) is 24.0 Å². The quantitative estimate of drug-likeness (QED) is 0.835. The van der Waals surface area contributed by atoms with E-state index in [0.29, 0.717) is 13.0 Å². The molecule has 0 aliphatic carbocycles. The van der Waals surface area contributed by atoms with E-state index in [0.717, 1.165) is 34.2 Å². The number of aromatic nitrogens is 1. The number of rotatable bonds is 5. The van der Waals surface area contributed by atoms with Crippen LogP contribution < -0.4 is 9.64 Å². The summed E-state index contributed by atoms with van der Waals surface area (Å²) in [5, 5.41) is 3.08. The summed E-state index contributed by atoms with van der Waals surface area (Å²) in [4.78, 5) is 21.2. The molecule has 6 heteroatoms. The number of carbonyl (C=O) groups excluding carboxylic acids is 1. The summed E-state index contributed by atoms with van der Waals surface area (Å²) in [5.74, 6) is 0.814. The first kappa shape index (κ1) is 16.9. The third kappa shape index (κ3) is 3.30. The molecule has 128 valence electrons. The van der Waals surface area contributed by atoms with E-state index >= 15 is 0 Å². The van der Waals surface area contributed by atoms with Crippen molar-refractivity contribution in [1.82, 2.24) is 9.88 Å². The van der Waals surface area contributed by atoms with Crippen molar-refractivity contribution in [3.8, 4) is 17.0 Å². The van der Waals surface area contributed by atoms with Gasteiger partial charge in [-0.1, -0.05) is 6.92 Å². The van der Waals surface area contributed by atoms with Crippen LogP contribution in [-0.4, -0.2) is 49.1 Å². The molecule has 0 saturated heterocycles. The van der Waals surface area contributed by atoms with Gasteiger partial charge in [-0.25, -0.2) is 4.98 Å². The molecule has 2 heterocycles. The molecule has 1 amide bonds. The first-order valence-corrected chi connectivity index (χ1v) is 9.07. The van der Waals surface area contributed by atoms with Crippen molar-refractivity contribution in [2.45, 2.75) is 26.4 Å². The number of benzene rings is 1. The van der Waals surface area contributed by atoms with E-state index in [-0.39, 0.29) is 5.91 Å². The smallest absolute Gasteiger partial charge is 0.268 e. The van der Waals surface area contributed by atoms with Gasteiger partial charge in [0.1, 0.15) is 5.75 Å². The lowest BCUT2D eigenvalue weighted by Gasteiger charge is -2.35. The standard InChI is InChI=1S/C18H23N3O2S/c1-5-16-18(22)21(9-8-20(3)4)15-10-13(6-7-17(15)23-16)14-11-24-12(2)19-14/h6-7,10-11,16H,5,8-9H2,1-4H3. The van der Waals surface area contributed by atoms with Crippen LogP contribution >= 0.6 is 11.3 Å². The van der Waals surface area contributed by atoms with Crippen LogP contribution in [0.1, 0.15) is 18.4 Å². The predicted molar refractivity (Wildman–Crippen MR) is 97.9 cm³/mol. The molecule has 0 saturated carbocycles. The molecule has 5 nitrogen and oxygen atoms in total. The van der Waals surface area contributed by atoms with Crippen LogP contribution in [0.25, 0.3) is 11.3 Å². The molecule has 0 bridgehead atoms. The zero-order chi connectivity index (χ0) is 17.3. The molecule has 0 fully saturated rings. The molecule has 1 unspecified atom stereocenters. The second kappa shape index (κ2) is 6.91. The molecule has 1 aromatic carbocycles. The number of aryl methyl sites for hydroxylation is 1. The van der Waals surface area contributed by atoms with Gasteiger partial charge < -0.3 is 14.5 Å². The Morgan fingerprint density at radius 1 is 1.38 bits per heavy atom. The highest BCUT2D eigenvalue weighted by atomic mass is 32.1. The molecule has 1 aromatic heterocycles. The van der Waals surface area contributed by atoms with E-state index in [2.05, 4.69) is 9.88 Å². The van der Waals surface area contributed by atoms with E-state index in [1.165, 1.54) is 0 Å². The Kier molecular flexibility index (Phi) is 4.87. The van der Waals surface area contributed by atoms with E-state index in [9.17, 15) is 4.79 Å². The maximum absolute atomic E-state index is 12.8. The van der Waals surface area contributed by atoms with Gasteiger partial charge in [0.05, 0.1) is 16.4 Å². The molecule has 3 rings (SSSR count). The lowest BCUT2D eigenvalue weighted by molar-refractivity contribution is -0.126. The zero-order valence-electron chi connectivity index (χ0n) is 14.6. The predicted octanol–water partition coefficient (Wildman–Crippen LogP) is 3.18. The van der Waals surface area contributed by atoms with Crippen molar-refractivity contribution >= 4 is 22.9 Å². The van der Waals surface area contributed by atoms with Crippen molar-refractivity contribution < 1.29 is 9.53 Å². The van der Waals surface area contributed by atoms with Crippen molar-refractivity contribution in [1.29, 1.82) is 0 Å². The van der Waals surface area contributed by atoms with Crippen LogP contribution in [0.5, 0.6) is 5.75 Å². The van der Waals surface area contributed by atoms with Gasteiger partial charge in [-0.2, -0.15) is 0 Å². The fourth-order valence-electron chi connectivity index (χ4n) is 2.77. The van der Waals surface area contributed by atoms with Crippen LogP contribution in [0.15, 0.2) is 23.6 Å². The average Bonchev–Trinajstić information content (AvgIpc) is 2.99. The summed E-state index contributed by atoms with van der Waals surface area (Å²) in [6.45, 7) is 5.43. The molecule has 1 aliphatic rings. The molecule has 1 aliphatic heterocycles. The SMILES string of the molecule is CCC1Oc2ccc(-c3csc(C)n3)cc2N(CCN(C)C)C1=O. The first-order valence-electron chi connectivity index (χ1n) is 8.19. The number of fused-ring (bicyclic) bond motifs is 1. The minimum Gasteiger partial charge on any atom is -0.478 e. The Labute approximate surface area is 146 Å². The zero-order valence-corrected chi connectivity index (χ0v) is 15.4. The maximum Gasteiger partial charge on any atom is 0.268 e. The van der Waals surface area contributed by atoms with E-state index in [1.807, 2.05) is 56.4 Å². The van der Waals surface area contributed by atoms with Gasteiger partial charge in [-0.3, -0.25) is 4.79 Å². The van der Waals surface area contributed by atoms with E-state index in [1.54, 1.807) is 11.3 Å². The lowest BCUT2D eigenvalue weighted by Crippen LogP contribution is -2.47. The Hall–Kier alpha value is -1.92. The number of ether oxygens (including phenoxy) is 1. The van der Waals surface area contributed by atoms with E-state index in [4.69, 9.17) is 4.74 Å². The number of thiazole rings is 1. The second-order valence-corrected chi connectivity index (χ2v) is 7.30. The molecule has 2 aromatic rings. The average molecular weight is 345 g/mol. The van der Waals surface area contributed by atoms with Gasteiger partial charge in [-0.05, 0) is 45.6 Å². The number of hydrogen-bond acceptors (Lipinski definition) is 5. The lowest BCUT2D eigenvalue weighted by atomic mass is 10.1. The van der Waals surface area contributed by atoms with Crippen LogP contribution in [0.4, 0.5) is 5.69 Å². The Balaban J connectivity index is 1.99. The van der Waals surface area contributed by atoms with Gasteiger partial charge in [0.25, 0.3) is 5.91 Å². The Bertz CT molecular complexity index is 742. The summed E-state index contributed by atoms with van der Waals surface area (Å²) in [5.41, 5.74) is 2.80. The first-order chi connectivity index (χ1) is 11.5. The fourth-order valence-corrected chi connectivity index (χ4v) is 3.39. The molecular weight excluding hydrogens is 322 g/mol. The van der Waals surface area contributed by atoms with Crippen LogP contribution in [0.2, 0.25) is 0 Å². The molecule has 0 N–H and O–H groups in total. The van der Waals surface area contributed by atoms with Gasteiger partial charge in [-0.15, -0.1) is 11.3 Å². The number of nitrogens with zero attached hydrogens (tertiary/aromatic N) is 3. The van der Waals surface area contributed by atoms with Gasteiger partial charge in [0.2, 0.25) is 0 Å². The second-order valence-electron chi connectivity index (χ2n) is 6.24. The Morgan fingerprint density at radius 3 is 2.79 bits per heavy atom. The third-order valence-corrected chi connectivity index (χ3v) is 4.89. The molecule has 1 atom stereocenters. The number of likely N-dealkylation sites (N-methyl/N-ethyl adjacent to an activating group) is 1. The van der Waals surface area contributed by atoms with Crippen LogP contribution in [0, 0.1) is 6.92 Å². The highest BCUT2D eigenvalue weighted by Gasteiger charge is 2.33. The molecule has 24 heavy (non-hydrogen) atoms. The van der Waals surface area contributed by atoms with Crippen LogP contribution in [0.3, 0.4) is 0 Å². The summed E-state index contributed by atoms with van der Waals surface area (Å²) in [6.07, 6.45) is 0.274. The Morgan fingerprint density at radius 2 is 2.17 bits per heavy atom. The van der Waals surface area contributed by atoms with Crippen LogP contribution in [-0.2, 0) is 4.79 Å². The third-order valence-electron chi connectivity index (χ3n) is 4.12. The van der Waals surface area contributed by atoms with Crippen molar-refractivity contribution in [3.63, 3.8) is 0 Å². The normalized spacial score (nSPS) is 17.1. The topological polar surface area (TPSA) is 45.7 Å². The van der Waals surface area contributed by atoms with Crippen molar-refractivity contribution in [2.75, 3.05) is 32.1 Å². The summed E-state index contributed by atoms with van der Waals surface area (Å²) < 4.78 is 5.90. The van der Waals surface area contributed by atoms with Gasteiger partial charge >= 0.3 is 0 Å². The molecular formula is C18H23N3O2S. The molecule has 0 radical (unpaired) electrons. The van der Waals surface area contributed by atoms with Gasteiger partial charge in [0.15, 0.2) is 6.10 Å². The minimum absolute atomic E-state index is 0.0402. The number of carbonyl (C=O) groups is 1. The monoisotopic (exact) mass is 345 g/mol. The summed E-state index contributed by atoms with van der Waals surface area (Å²) in [7, 11) is 4.02.